The van der Waals surface area contributed by atoms with E-state index in [0.717, 1.165) is 25.7 Å². The summed E-state index contributed by atoms with van der Waals surface area (Å²) in [6, 6.07) is 1.64. The standard InChI is InChI=1S/C13H14N2O2/c14-15-13(11-6-7-17-9-11)12(16)8-10-4-2-1-3-5-10/h6-9H,1-5H2/p+1/b13-12-. The molecule has 0 bridgehead atoms. The number of furan rings is 1. The van der Waals surface area contributed by atoms with Crippen molar-refractivity contribution in [3.05, 3.63) is 46.5 Å². The van der Waals surface area contributed by atoms with E-state index < -0.39 is 0 Å². The van der Waals surface area contributed by atoms with Gasteiger partial charge in [0.15, 0.2) is 4.98 Å². The van der Waals surface area contributed by atoms with E-state index in [2.05, 4.69) is 4.98 Å². The van der Waals surface area contributed by atoms with E-state index in [9.17, 15) is 5.11 Å². The Morgan fingerprint density at radius 3 is 2.71 bits per heavy atom. The Labute approximate surface area is 99.9 Å². The first-order valence-electron chi connectivity index (χ1n) is 5.81. The first-order chi connectivity index (χ1) is 8.31. The Morgan fingerprint density at radius 2 is 2.12 bits per heavy atom. The van der Waals surface area contributed by atoms with Gasteiger partial charge in [-0.2, -0.15) is 0 Å². The van der Waals surface area contributed by atoms with Gasteiger partial charge in [-0.3, -0.25) is 0 Å². The topological polar surface area (TPSA) is 61.5 Å². The van der Waals surface area contributed by atoms with E-state index in [-0.39, 0.29) is 11.5 Å². The van der Waals surface area contributed by atoms with Crippen LogP contribution in [0.5, 0.6) is 0 Å². The summed E-state index contributed by atoms with van der Waals surface area (Å²) in [6.07, 6.45) is 10.2. The average Bonchev–Trinajstić information content (AvgIpc) is 2.85. The molecule has 1 fully saturated rings. The first-order valence-corrected chi connectivity index (χ1v) is 5.81. The van der Waals surface area contributed by atoms with E-state index in [1.165, 1.54) is 24.5 Å². The molecule has 0 aliphatic heterocycles. The van der Waals surface area contributed by atoms with Gasteiger partial charge in [-0.1, -0.05) is 12.0 Å². The lowest BCUT2D eigenvalue weighted by Crippen LogP contribution is -1.95. The second-order valence-corrected chi connectivity index (χ2v) is 4.21. The van der Waals surface area contributed by atoms with Gasteiger partial charge in [0, 0.05) is 0 Å². The molecule has 4 heteroatoms. The quantitative estimate of drug-likeness (QED) is 0.611. The van der Waals surface area contributed by atoms with Gasteiger partial charge in [0.1, 0.15) is 11.8 Å². The summed E-state index contributed by atoms with van der Waals surface area (Å²) in [5, 5.41) is 18.9. The summed E-state index contributed by atoms with van der Waals surface area (Å²) in [5.74, 6) is -0.00852. The summed E-state index contributed by atoms with van der Waals surface area (Å²) >= 11 is 0. The number of aliphatic hydroxyl groups is 1. The van der Waals surface area contributed by atoms with Crippen LogP contribution >= 0.6 is 0 Å². The molecule has 88 valence electrons. The molecule has 0 spiro atoms. The lowest BCUT2D eigenvalue weighted by molar-refractivity contribution is 0.432. The number of aliphatic hydroxyl groups excluding tert-OH is 1. The highest BCUT2D eigenvalue weighted by Crippen LogP contribution is 2.26. The zero-order valence-corrected chi connectivity index (χ0v) is 9.59. The minimum absolute atomic E-state index is 0.00852. The average molecular weight is 231 g/mol. The fourth-order valence-corrected chi connectivity index (χ4v) is 2.07. The van der Waals surface area contributed by atoms with E-state index in [0.29, 0.717) is 5.56 Å². The summed E-state index contributed by atoms with van der Waals surface area (Å²) < 4.78 is 4.90. The molecule has 1 aliphatic carbocycles. The van der Waals surface area contributed by atoms with E-state index in [1.54, 1.807) is 12.1 Å². The molecule has 1 aliphatic rings. The van der Waals surface area contributed by atoms with Crippen LogP contribution in [-0.4, -0.2) is 5.11 Å². The number of diazo groups is 1. The summed E-state index contributed by atoms with van der Waals surface area (Å²) in [4.78, 5) is 3.12. The van der Waals surface area contributed by atoms with Gasteiger partial charge < -0.3 is 9.52 Å². The molecule has 2 rings (SSSR count). The molecule has 0 unspecified atom stereocenters. The van der Waals surface area contributed by atoms with Crippen molar-refractivity contribution in [2.45, 2.75) is 32.1 Å². The molecule has 1 aromatic rings. The minimum atomic E-state index is -0.00852. The molecule has 0 saturated heterocycles. The number of nitrogens with zero attached hydrogens (tertiary/aromatic N) is 2. The van der Waals surface area contributed by atoms with Crippen molar-refractivity contribution in [2.75, 3.05) is 0 Å². The van der Waals surface area contributed by atoms with Crippen LogP contribution in [0.3, 0.4) is 0 Å². The predicted molar refractivity (Wildman–Crippen MR) is 64.5 cm³/mol. The lowest BCUT2D eigenvalue weighted by atomic mass is 9.94. The zero-order chi connectivity index (χ0) is 12.1. The highest BCUT2D eigenvalue weighted by Gasteiger charge is 2.22. The van der Waals surface area contributed by atoms with E-state index in [1.807, 2.05) is 0 Å². The van der Waals surface area contributed by atoms with Crippen LogP contribution in [0.1, 0.15) is 37.7 Å². The lowest BCUT2D eigenvalue weighted by Gasteiger charge is -2.12. The van der Waals surface area contributed by atoms with Crippen molar-refractivity contribution < 1.29 is 9.52 Å². The third kappa shape index (κ3) is 2.76. The molecule has 1 N–H and O–H groups in total. The van der Waals surface area contributed by atoms with Gasteiger partial charge >= 0.3 is 5.70 Å². The summed E-state index contributed by atoms with van der Waals surface area (Å²) in [5.41, 5.74) is 1.92. The van der Waals surface area contributed by atoms with Crippen LogP contribution in [0.15, 0.2) is 40.4 Å². The van der Waals surface area contributed by atoms with Gasteiger partial charge in [-0.25, -0.2) is 0 Å². The number of hydrogen-bond acceptors (Lipinski definition) is 3. The second-order valence-electron chi connectivity index (χ2n) is 4.21. The molecule has 0 amide bonds. The van der Waals surface area contributed by atoms with Crippen LogP contribution in [-0.2, 0) is 0 Å². The molecular weight excluding hydrogens is 216 g/mol. The van der Waals surface area contributed by atoms with Gasteiger partial charge in [0.25, 0.3) is 0 Å². The summed E-state index contributed by atoms with van der Waals surface area (Å²) in [7, 11) is 0. The maximum atomic E-state index is 9.94. The molecule has 1 aromatic heterocycles. The smallest absolute Gasteiger partial charge is 0.436 e. The Hall–Kier alpha value is -2.02. The van der Waals surface area contributed by atoms with Gasteiger partial charge in [-0.05, 0) is 37.8 Å². The van der Waals surface area contributed by atoms with Crippen molar-refractivity contribution in [2.24, 2.45) is 0 Å². The monoisotopic (exact) mass is 231 g/mol. The maximum Gasteiger partial charge on any atom is 0.436 e. The third-order valence-corrected chi connectivity index (χ3v) is 2.97. The third-order valence-electron chi connectivity index (χ3n) is 2.97. The molecule has 0 radical (unpaired) electrons. The maximum absolute atomic E-state index is 9.94. The van der Waals surface area contributed by atoms with Crippen molar-refractivity contribution >= 4 is 5.70 Å². The fraction of sp³-hybridized carbons (Fsp3) is 0.385. The largest absolute Gasteiger partial charge is 0.501 e. The number of allylic oxidation sites excluding steroid dienone is 2. The van der Waals surface area contributed by atoms with Crippen LogP contribution in [0.25, 0.3) is 10.7 Å². The van der Waals surface area contributed by atoms with Gasteiger partial charge in [0.2, 0.25) is 11.2 Å². The Morgan fingerprint density at radius 1 is 1.35 bits per heavy atom. The van der Waals surface area contributed by atoms with Gasteiger partial charge in [0.05, 0.1) is 6.26 Å². The minimum Gasteiger partial charge on any atom is -0.501 e. The Balaban J connectivity index is 2.27. The van der Waals surface area contributed by atoms with Crippen LogP contribution in [0.2, 0.25) is 0 Å². The molecule has 1 heterocycles. The number of hydrogen-bond donors (Lipinski definition) is 1. The molecular formula is C13H15N2O2+. The van der Waals surface area contributed by atoms with Crippen molar-refractivity contribution in [3.8, 4) is 0 Å². The normalized spacial score (nSPS) is 17.2. The highest BCUT2D eigenvalue weighted by atomic mass is 16.3. The molecule has 17 heavy (non-hydrogen) atoms. The Kier molecular flexibility index (Phi) is 3.61. The van der Waals surface area contributed by atoms with Crippen molar-refractivity contribution in [1.29, 1.82) is 5.39 Å². The SMILES string of the molecule is N#[N+]/C(=C(\O)C=C1CCCCC1)c1ccoc1. The molecule has 0 aromatic carbocycles. The van der Waals surface area contributed by atoms with Gasteiger partial charge in [-0.15, -0.1) is 0 Å². The number of rotatable bonds is 2. The first kappa shape index (κ1) is 11.5. The van der Waals surface area contributed by atoms with Crippen LogP contribution < -0.4 is 0 Å². The predicted octanol–water partition coefficient (Wildman–Crippen LogP) is 4.25. The van der Waals surface area contributed by atoms with Crippen LogP contribution in [0.4, 0.5) is 0 Å². The van der Waals surface area contributed by atoms with Crippen molar-refractivity contribution in [3.63, 3.8) is 0 Å². The molecule has 0 atom stereocenters. The Bertz CT molecular complexity index is 470. The summed E-state index contributed by atoms with van der Waals surface area (Å²) in [6.45, 7) is 0. The van der Waals surface area contributed by atoms with E-state index in [4.69, 9.17) is 9.81 Å². The zero-order valence-electron chi connectivity index (χ0n) is 9.59. The van der Waals surface area contributed by atoms with Crippen molar-refractivity contribution in [1.82, 2.24) is 0 Å². The highest BCUT2D eigenvalue weighted by molar-refractivity contribution is 5.72. The molecule has 4 nitrogen and oxygen atoms in total. The van der Waals surface area contributed by atoms with Crippen LogP contribution in [0, 0.1) is 5.39 Å². The molecule has 1 saturated carbocycles. The second kappa shape index (κ2) is 5.35. The van der Waals surface area contributed by atoms with E-state index >= 15 is 0 Å². The fourth-order valence-electron chi connectivity index (χ4n) is 2.07.